The van der Waals surface area contributed by atoms with Gasteiger partial charge in [-0.2, -0.15) is 0 Å². The van der Waals surface area contributed by atoms with Gasteiger partial charge in [-0.25, -0.2) is 0 Å². The lowest BCUT2D eigenvalue weighted by atomic mass is 10.2. The van der Waals surface area contributed by atoms with Gasteiger partial charge in [0, 0.05) is 6.20 Å². The van der Waals surface area contributed by atoms with Crippen LogP contribution in [0.15, 0.2) is 24.4 Å². The number of nitrogens with zero attached hydrogens (tertiary/aromatic N) is 3. The van der Waals surface area contributed by atoms with E-state index >= 15 is 0 Å². The molecule has 0 aliphatic heterocycles. The Bertz CT molecular complexity index is 483. The molecule has 2 heterocycles. The molecule has 0 bridgehead atoms. The molecule has 2 aromatic rings. The van der Waals surface area contributed by atoms with Crippen LogP contribution in [0.5, 0.6) is 0 Å². The summed E-state index contributed by atoms with van der Waals surface area (Å²) in [6, 6.07) is 5.39. The van der Waals surface area contributed by atoms with Crippen molar-refractivity contribution in [2.75, 3.05) is 0 Å². The van der Waals surface area contributed by atoms with Crippen LogP contribution >= 0.6 is 23.2 Å². The zero-order valence-corrected chi connectivity index (χ0v) is 9.42. The van der Waals surface area contributed by atoms with Crippen LogP contribution in [-0.4, -0.2) is 15.2 Å². The van der Waals surface area contributed by atoms with Gasteiger partial charge in [0.15, 0.2) is 5.15 Å². The van der Waals surface area contributed by atoms with E-state index in [0.717, 1.165) is 11.3 Å². The molecule has 0 atom stereocenters. The van der Waals surface area contributed by atoms with E-state index in [1.54, 1.807) is 18.3 Å². The predicted octanol–water partition coefficient (Wildman–Crippen LogP) is 3.15. The zero-order valence-electron chi connectivity index (χ0n) is 7.91. The number of aryl methyl sites for hydroxylation is 1. The minimum atomic E-state index is 0.410. The van der Waals surface area contributed by atoms with Crippen LogP contribution in [0.4, 0.5) is 0 Å². The Hall–Kier alpha value is -1.19. The highest BCUT2D eigenvalue weighted by molar-refractivity contribution is 6.30. The smallest absolute Gasteiger partial charge is 0.154 e. The number of hydrogen-bond donors (Lipinski definition) is 0. The lowest BCUT2D eigenvalue weighted by Gasteiger charge is -2.01. The second kappa shape index (κ2) is 4.13. The van der Waals surface area contributed by atoms with Crippen molar-refractivity contribution in [2.24, 2.45) is 0 Å². The fraction of sp³-hybridized carbons (Fsp3) is 0.100. The number of hydrogen-bond acceptors (Lipinski definition) is 3. The van der Waals surface area contributed by atoms with Crippen molar-refractivity contribution < 1.29 is 0 Å². The van der Waals surface area contributed by atoms with E-state index in [0.29, 0.717) is 15.9 Å². The summed E-state index contributed by atoms with van der Waals surface area (Å²) in [6.45, 7) is 1.87. The molecule has 0 saturated carbocycles. The first-order valence-electron chi connectivity index (χ1n) is 4.28. The first kappa shape index (κ1) is 10.3. The number of halogens is 2. The molecule has 0 aliphatic rings. The van der Waals surface area contributed by atoms with Gasteiger partial charge in [0.2, 0.25) is 0 Å². The molecule has 0 aliphatic carbocycles. The summed E-state index contributed by atoms with van der Waals surface area (Å²) in [4.78, 5) is 4.14. The highest BCUT2D eigenvalue weighted by atomic mass is 35.5. The van der Waals surface area contributed by atoms with Crippen LogP contribution in [0.25, 0.3) is 11.4 Å². The van der Waals surface area contributed by atoms with E-state index in [1.807, 2.05) is 13.0 Å². The molecule has 0 fully saturated rings. The van der Waals surface area contributed by atoms with Gasteiger partial charge in [-0.15, -0.1) is 10.2 Å². The SMILES string of the molecule is Cc1cc(-c2ccc(Cl)cn2)nnc1Cl. The Labute approximate surface area is 97.1 Å². The zero-order chi connectivity index (χ0) is 10.8. The quantitative estimate of drug-likeness (QED) is 0.768. The van der Waals surface area contributed by atoms with Crippen molar-refractivity contribution in [1.29, 1.82) is 0 Å². The van der Waals surface area contributed by atoms with Crippen molar-refractivity contribution in [3.8, 4) is 11.4 Å². The van der Waals surface area contributed by atoms with Crippen molar-refractivity contribution in [1.82, 2.24) is 15.2 Å². The molecular weight excluding hydrogens is 233 g/mol. The Morgan fingerprint density at radius 1 is 1.07 bits per heavy atom. The van der Waals surface area contributed by atoms with E-state index in [1.165, 1.54) is 0 Å². The molecular formula is C10H7Cl2N3. The van der Waals surface area contributed by atoms with Crippen LogP contribution < -0.4 is 0 Å². The monoisotopic (exact) mass is 239 g/mol. The average molecular weight is 240 g/mol. The second-order valence-electron chi connectivity index (χ2n) is 3.07. The van der Waals surface area contributed by atoms with Crippen LogP contribution in [0.3, 0.4) is 0 Å². The van der Waals surface area contributed by atoms with E-state index < -0.39 is 0 Å². The van der Waals surface area contributed by atoms with Crippen LogP contribution in [-0.2, 0) is 0 Å². The summed E-state index contributed by atoms with van der Waals surface area (Å²) < 4.78 is 0. The maximum absolute atomic E-state index is 5.78. The van der Waals surface area contributed by atoms with Crippen molar-refractivity contribution >= 4 is 23.2 Å². The molecule has 0 spiro atoms. The van der Waals surface area contributed by atoms with Gasteiger partial charge in [-0.1, -0.05) is 23.2 Å². The summed E-state index contributed by atoms with van der Waals surface area (Å²) >= 11 is 11.5. The van der Waals surface area contributed by atoms with Crippen LogP contribution in [0, 0.1) is 6.92 Å². The average Bonchev–Trinajstić information content (AvgIpc) is 2.23. The third-order valence-electron chi connectivity index (χ3n) is 1.91. The van der Waals surface area contributed by atoms with E-state index in [9.17, 15) is 0 Å². The lowest BCUT2D eigenvalue weighted by molar-refractivity contribution is 1.01. The van der Waals surface area contributed by atoms with Crippen LogP contribution in [0.2, 0.25) is 10.2 Å². The highest BCUT2D eigenvalue weighted by Gasteiger charge is 2.04. The molecule has 76 valence electrons. The Balaban J connectivity index is 2.45. The molecule has 0 unspecified atom stereocenters. The lowest BCUT2D eigenvalue weighted by Crippen LogP contribution is -1.92. The van der Waals surface area contributed by atoms with Crippen molar-refractivity contribution in [2.45, 2.75) is 6.92 Å². The van der Waals surface area contributed by atoms with Crippen molar-refractivity contribution in [3.05, 3.63) is 40.1 Å². The minimum Gasteiger partial charge on any atom is -0.253 e. The summed E-state index contributed by atoms with van der Waals surface area (Å²) in [7, 11) is 0. The van der Waals surface area contributed by atoms with Gasteiger partial charge in [0.1, 0.15) is 5.69 Å². The normalized spacial score (nSPS) is 10.3. The van der Waals surface area contributed by atoms with E-state index in [-0.39, 0.29) is 0 Å². The van der Waals surface area contributed by atoms with Gasteiger partial charge in [-0.05, 0) is 30.7 Å². The Morgan fingerprint density at radius 2 is 1.87 bits per heavy atom. The molecule has 5 heteroatoms. The molecule has 2 aromatic heterocycles. The largest absolute Gasteiger partial charge is 0.253 e. The topological polar surface area (TPSA) is 38.7 Å². The maximum Gasteiger partial charge on any atom is 0.154 e. The summed E-state index contributed by atoms with van der Waals surface area (Å²) in [5.74, 6) is 0. The summed E-state index contributed by atoms with van der Waals surface area (Å²) in [5.41, 5.74) is 2.29. The fourth-order valence-corrected chi connectivity index (χ4v) is 1.33. The Morgan fingerprint density at radius 3 is 2.47 bits per heavy atom. The number of pyridine rings is 1. The third-order valence-corrected chi connectivity index (χ3v) is 2.51. The molecule has 0 aromatic carbocycles. The standard InChI is InChI=1S/C10H7Cl2N3/c1-6-4-9(14-15-10(6)12)8-3-2-7(11)5-13-8/h2-5H,1H3. The number of rotatable bonds is 1. The third kappa shape index (κ3) is 2.25. The van der Waals surface area contributed by atoms with Crippen molar-refractivity contribution in [3.63, 3.8) is 0 Å². The number of aromatic nitrogens is 3. The molecule has 3 nitrogen and oxygen atoms in total. The van der Waals surface area contributed by atoms with E-state index in [2.05, 4.69) is 15.2 Å². The first-order valence-corrected chi connectivity index (χ1v) is 5.04. The van der Waals surface area contributed by atoms with Gasteiger partial charge in [-0.3, -0.25) is 4.98 Å². The fourth-order valence-electron chi connectivity index (χ4n) is 1.12. The van der Waals surface area contributed by atoms with Gasteiger partial charge in [0.05, 0.1) is 10.7 Å². The highest BCUT2D eigenvalue weighted by Crippen LogP contribution is 2.19. The molecule has 0 radical (unpaired) electrons. The van der Waals surface area contributed by atoms with Gasteiger partial charge >= 0.3 is 0 Å². The van der Waals surface area contributed by atoms with Gasteiger partial charge in [0.25, 0.3) is 0 Å². The Kier molecular flexibility index (Phi) is 2.84. The molecule has 0 amide bonds. The summed E-state index contributed by atoms with van der Waals surface area (Å²) in [6.07, 6.45) is 1.57. The molecule has 0 saturated heterocycles. The predicted molar refractivity (Wildman–Crippen MR) is 60.0 cm³/mol. The second-order valence-corrected chi connectivity index (χ2v) is 3.86. The molecule has 15 heavy (non-hydrogen) atoms. The molecule has 2 rings (SSSR count). The van der Waals surface area contributed by atoms with Gasteiger partial charge < -0.3 is 0 Å². The molecule has 0 N–H and O–H groups in total. The minimum absolute atomic E-state index is 0.410. The first-order chi connectivity index (χ1) is 7.16. The van der Waals surface area contributed by atoms with E-state index in [4.69, 9.17) is 23.2 Å². The van der Waals surface area contributed by atoms with Crippen LogP contribution in [0.1, 0.15) is 5.56 Å². The summed E-state index contributed by atoms with van der Waals surface area (Å²) in [5, 5.41) is 8.78. The maximum atomic E-state index is 5.78.